The Morgan fingerprint density at radius 1 is 1.26 bits per heavy atom. The molecule has 2 aliphatic rings. The quantitative estimate of drug-likeness (QED) is 0.804. The van der Waals surface area contributed by atoms with Gasteiger partial charge in [-0.2, -0.15) is 0 Å². The third-order valence-corrected chi connectivity index (χ3v) is 5.23. The molecule has 2 saturated carbocycles. The fourth-order valence-corrected chi connectivity index (χ4v) is 3.88. The molecule has 2 unspecified atom stereocenters. The Morgan fingerprint density at radius 2 is 2.00 bits per heavy atom. The Balaban J connectivity index is 1.76. The SMILES string of the molecule is CC1(CNC(=O)C2CCCC(CCN)C2)CCCC1. The molecule has 0 bridgehead atoms. The van der Waals surface area contributed by atoms with Gasteiger partial charge < -0.3 is 11.1 Å². The van der Waals surface area contributed by atoms with Crippen molar-refractivity contribution in [2.24, 2.45) is 23.0 Å². The Labute approximate surface area is 117 Å². The van der Waals surface area contributed by atoms with Crippen LogP contribution in [0.15, 0.2) is 0 Å². The zero-order valence-electron chi connectivity index (χ0n) is 12.4. The van der Waals surface area contributed by atoms with Crippen molar-refractivity contribution in [1.29, 1.82) is 0 Å². The first kappa shape index (κ1) is 14.8. The van der Waals surface area contributed by atoms with E-state index in [2.05, 4.69) is 12.2 Å². The van der Waals surface area contributed by atoms with Gasteiger partial charge in [-0.05, 0) is 50.0 Å². The molecule has 0 saturated heterocycles. The highest BCUT2D eigenvalue weighted by Gasteiger charge is 2.31. The molecule has 0 radical (unpaired) electrons. The average molecular weight is 266 g/mol. The molecule has 0 aromatic heterocycles. The van der Waals surface area contributed by atoms with Gasteiger partial charge in [-0.15, -0.1) is 0 Å². The average Bonchev–Trinajstić information content (AvgIpc) is 2.84. The predicted octanol–water partition coefficient (Wildman–Crippen LogP) is 2.84. The first-order valence-electron chi connectivity index (χ1n) is 8.11. The Kier molecular flexibility index (Phi) is 5.26. The van der Waals surface area contributed by atoms with Gasteiger partial charge in [0.2, 0.25) is 5.91 Å². The summed E-state index contributed by atoms with van der Waals surface area (Å²) in [6, 6.07) is 0. The number of hydrogen-bond donors (Lipinski definition) is 2. The molecule has 2 atom stereocenters. The fourth-order valence-electron chi connectivity index (χ4n) is 3.88. The van der Waals surface area contributed by atoms with Gasteiger partial charge in [0.05, 0.1) is 0 Å². The van der Waals surface area contributed by atoms with Crippen LogP contribution in [0, 0.1) is 17.3 Å². The van der Waals surface area contributed by atoms with E-state index in [1.807, 2.05) is 0 Å². The van der Waals surface area contributed by atoms with E-state index in [0.29, 0.717) is 17.2 Å². The molecule has 0 aromatic rings. The van der Waals surface area contributed by atoms with Crippen LogP contribution in [-0.4, -0.2) is 19.0 Å². The van der Waals surface area contributed by atoms with E-state index < -0.39 is 0 Å². The van der Waals surface area contributed by atoms with Crippen molar-refractivity contribution in [2.45, 2.75) is 64.7 Å². The molecule has 0 aromatic carbocycles. The summed E-state index contributed by atoms with van der Waals surface area (Å²) in [6.07, 6.45) is 10.9. The normalized spacial score (nSPS) is 30.2. The third-order valence-electron chi connectivity index (χ3n) is 5.23. The summed E-state index contributed by atoms with van der Waals surface area (Å²) < 4.78 is 0. The van der Waals surface area contributed by atoms with E-state index in [4.69, 9.17) is 5.73 Å². The summed E-state index contributed by atoms with van der Waals surface area (Å²) in [5.41, 5.74) is 6.00. The molecule has 2 fully saturated rings. The highest BCUT2D eigenvalue weighted by atomic mass is 16.1. The second kappa shape index (κ2) is 6.74. The molecule has 0 heterocycles. The summed E-state index contributed by atoms with van der Waals surface area (Å²) >= 11 is 0. The van der Waals surface area contributed by atoms with E-state index in [-0.39, 0.29) is 5.92 Å². The van der Waals surface area contributed by atoms with Gasteiger partial charge in [0.25, 0.3) is 0 Å². The van der Waals surface area contributed by atoms with Crippen LogP contribution in [0.5, 0.6) is 0 Å². The van der Waals surface area contributed by atoms with Crippen molar-refractivity contribution in [3.8, 4) is 0 Å². The van der Waals surface area contributed by atoms with Gasteiger partial charge >= 0.3 is 0 Å². The number of nitrogens with one attached hydrogen (secondary N) is 1. The Hall–Kier alpha value is -0.570. The van der Waals surface area contributed by atoms with Crippen molar-refractivity contribution in [1.82, 2.24) is 5.32 Å². The van der Waals surface area contributed by atoms with Gasteiger partial charge in [0.15, 0.2) is 0 Å². The van der Waals surface area contributed by atoms with Crippen LogP contribution in [0.25, 0.3) is 0 Å². The van der Waals surface area contributed by atoms with Gasteiger partial charge in [0.1, 0.15) is 0 Å². The van der Waals surface area contributed by atoms with Gasteiger partial charge in [-0.1, -0.05) is 32.6 Å². The second-order valence-corrected chi connectivity index (χ2v) is 7.04. The minimum absolute atomic E-state index is 0.246. The smallest absolute Gasteiger partial charge is 0.223 e. The minimum atomic E-state index is 0.246. The summed E-state index contributed by atoms with van der Waals surface area (Å²) in [7, 11) is 0. The zero-order valence-corrected chi connectivity index (χ0v) is 12.4. The maximum atomic E-state index is 12.3. The van der Waals surface area contributed by atoms with Crippen LogP contribution in [-0.2, 0) is 4.79 Å². The number of rotatable bonds is 5. The zero-order chi connectivity index (χ0) is 13.7. The molecular formula is C16H30N2O. The van der Waals surface area contributed by atoms with Gasteiger partial charge in [-0.25, -0.2) is 0 Å². The molecule has 2 aliphatic carbocycles. The van der Waals surface area contributed by atoms with Crippen LogP contribution in [0.1, 0.15) is 64.7 Å². The summed E-state index contributed by atoms with van der Waals surface area (Å²) in [4.78, 5) is 12.3. The molecule has 110 valence electrons. The predicted molar refractivity (Wildman–Crippen MR) is 78.7 cm³/mol. The first-order valence-corrected chi connectivity index (χ1v) is 8.11. The van der Waals surface area contributed by atoms with E-state index in [9.17, 15) is 4.79 Å². The van der Waals surface area contributed by atoms with Crippen LogP contribution < -0.4 is 11.1 Å². The Bertz CT molecular complexity index is 295. The number of hydrogen-bond acceptors (Lipinski definition) is 2. The molecule has 3 nitrogen and oxygen atoms in total. The van der Waals surface area contributed by atoms with E-state index >= 15 is 0 Å². The van der Waals surface area contributed by atoms with Gasteiger partial charge in [-0.3, -0.25) is 4.79 Å². The maximum Gasteiger partial charge on any atom is 0.223 e. The number of carbonyl (C=O) groups is 1. The number of carbonyl (C=O) groups excluding carboxylic acids is 1. The van der Waals surface area contributed by atoms with E-state index in [1.54, 1.807) is 0 Å². The molecule has 3 heteroatoms. The second-order valence-electron chi connectivity index (χ2n) is 7.04. The lowest BCUT2D eigenvalue weighted by atomic mass is 9.79. The first-order chi connectivity index (χ1) is 9.13. The molecule has 2 rings (SSSR count). The lowest BCUT2D eigenvalue weighted by molar-refractivity contribution is -0.127. The summed E-state index contributed by atoms with van der Waals surface area (Å²) in [5.74, 6) is 1.22. The van der Waals surface area contributed by atoms with Crippen LogP contribution in [0.2, 0.25) is 0 Å². The number of amides is 1. The van der Waals surface area contributed by atoms with Gasteiger partial charge in [0, 0.05) is 12.5 Å². The van der Waals surface area contributed by atoms with Crippen molar-refractivity contribution in [3.05, 3.63) is 0 Å². The molecule has 19 heavy (non-hydrogen) atoms. The monoisotopic (exact) mass is 266 g/mol. The lowest BCUT2D eigenvalue weighted by Gasteiger charge is -2.30. The highest BCUT2D eigenvalue weighted by Crippen LogP contribution is 2.37. The minimum Gasteiger partial charge on any atom is -0.355 e. The van der Waals surface area contributed by atoms with Crippen LogP contribution in [0.3, 0.4) is 0 Å². The molecule has 0 spiro atoms. The van der Waals surface area contributed by atoms with Crippen molar-refractivity contribution < 1.29 is 4.79 Å². The maximum absolute atomic E-state index is 12.3. The number of nitrogens with two attached hydrogens (primary N) is 1. The third kappa shape index (κ3) is 4.20. The lowest BCUT2D eigenvalue weighted by Crippen LogP contribution is -2.39. The van der Waals surface area contributed by atoms with Crippen LogP contribution >= 0.6 is 0 Å². The molecular weight excluding hydrogens is 236 g/mol. The summed E-state index contributed by atoms with van der Waals surface area (Å²) in [6.45, 7) is 3.96. The standard InChI is InChI=1S/C16H30N2O/c1-16(8-2-3-9-16)12-18-15(19)14-6-4-5-13(11-14)7-10-17/h13-14H,2-12,17H2,1H3,(H,18,19). The summed E-state index contributed by atoms with van der Waals surface area (Å²) in [5, 5.41) is 3.23. The highest BCUT2D eigenvalue weighted by molar-refractivity contribution is 5.78. The molecule has 1 amide bonds. The Morgan fingerprint density at radius 3 is 2.68 bits per heavy atom. The largest absolute Gasteiger partial charge is 0.355 e. The molecule has 3 N–H and O–H groups in total. The topological polar surface area (TPSA) is 55.1 Å². The van der Waals surface area contributed by atoms with Crippen LogP contribution in [0.4, 0.5) is 0 Å². The van der Waals surface area contributed by atoms with Crippen molar-refractivity contribution in [3.63, 3.8) is 0 Å². The fraction of sp³-hybridized carbons (Fsp3) is 0.938. The van der Waals surface area contributed by atoms with Crippen molar-refractivity contribution in [2.75, 3.05) is 13.1 Å². The van der Waals surface area contributed by atoms with E-state index in [0.717, 1.165) is 32.4 Å². The van der Waals surface area contributed by atoms with E-state index in [1.165, 1.54) is 38.5 Å². The van der Waals surface area contributed by atoms with Crippen molar-refractivity contribution >= 4 is 5.91 Å². The molecule has 0 aliphatic heterocycles.